The van der Waals surface area contributed by atoms with Crippen LogP contribution in [-0.2, 0) is 0 Å². The topological polar surface area (TPSA) is 40.5 Å². The molecule has 0 radical (unpaired) electrons. The molecule has 0 fully saturated rings. The van der Waals surface area contributed by atoms with Crippen LogP contribution in [-0.4, -0.2) is 22.6 Å². The molecule has 0 atom stereocenters. The maximum atomic E-state index is 9.16. The second-order valence-electron chi connectivity index (χ2n) is 2.78. The molecule has 0 heterocycles. The zero-order chi connectivity index (χ0) is 9.52. The fourth-order valence-corrected chi connectivity index (χ4v) is 1.94. The highest BCUT2D eigenvalue weighted by Gasteiger charge is 1.94. The summed E-state index contributed by atoms with van der Waals surface area (Å²) in [5.41, 5.74) is 0. The van der Waals surface area contributed by atoms with Crippen LogP contribution < -0.4 is 0 Å². The van der Waals surface area contributed by atoms with Gasteiger partial charge < -0.3 is 10.2 Å². The van der Waals surface area contributed by atoms with Crippen LogP contribution >= 0.6 is 11.8 Å². The largest absolute Gasteiger partial charge is 0.508 e. The molecule has 0 aromatic heterocycles. The van der Waals surface area contributed by atoms with Crippen LogP contribution in [0.15, 0.2) is 29.2 Å². The predicted octanol–water partition coefficient (Wildman–Crippen LogP) is 2.26. The Morgan fingerprint density at radius 2 is 2.08 bits per heavy atom. The first-order valence-corrected chi connectivity index (χ1v) is 5.34. The summed E-state index contributed by atoms with van der Waals surface area (Å²) in [4.78, 5) is 1.08. The molecule has 0 saturated carbocycles. The zero-order valence-electron chi connectivity index (χ0n) is 7.44. The lowest BCUT2D eigenvalue weighted by Crippen LogP contribution is -1.85. The summed E-state index contributed by atoms with van der Waals surface area (Å²) in [6.45, 7) is 0.264. The third-order valence-electron chi connectivity index (χ3n) is 1.64. The summed E-state index contributed by atoms with van der Waals surface area (Å²) < 4.78 is 0. The Hall–Kier alpha value is -0.670. The lowest BCUT2D eigenvalue weighted by molar-refractivity contribution is 0.287. The molecule has 1 aromatic carbocycles. The first kappa shape index (κ1) is 10.4. The van der Waals surface area contributed by atoms with Gasteiger partial charge in [0.2, 0.25) is 0 Å². The number of aliphatic hydroxyl groups excluding tert-OH is 1. The molecule has 0 spiro atoms. The molecule has 1 aromatic rings. The molecular formula is C10H14O2S. The van der Waals surface area contributed by atoms with Gasteiger partial charge >= 0.3 is 0 Å². The highest BCUT2D eigenvalue weighted by molar-refractivity contribution is 7.99. The number of hydrogen-bond donors (Lipinski definition) is 2. The molecular weight excluding hydrogens is 184 g/mol. The Kier molecular flexibility index (Phi) is 4.72. The number of phenolic OH excluding ortho intramolecular Hbond substituents is 1. The highest BCUT2D eigenvalue weighted by atomic mass is 32.2. The Morgan fingerprint density at radius 1 is 1.23 bits per heavy atom. The third-order valence-corrected chi connectivity index (χ3v) is 2.72. The van der Waals surface area contributed by atoms with Gasteiger partial charge in [-0.2, -0.15) is 0 Å². The molecule has 0 unspecified atom stereocenters. The molecule has 0 saturated heterocycles. The molecule has 0 aliphatic heterocycles. The number of thioether (sulfide) groups is 1. The van der Waals surface area contributed by atoms with E-state index in [0.717, 1.165) is 23.5 Å². The SMILES string of the molecule is OCCCCSc1cccc(O)c1. The van der Waals surface area contributed by atoms with Crippen LogP contribution in [0.3, 0.4) is 0 Å². The summed E-state index contributed by atoms with van der Waals surface area (Å²) in [6, 6.07) is 7.23. The molecule has 0 aliphatic rings. The normalized spacial score (nSPS) is 10.2. The minimum absolute atomic E-state index is 0.264. The van der Waals surface area contributed by atoms with Crippen molar-refractivity contribution in [3.05, 3.63) is 24.3 Å². The number of hydrogen-bond acceptors (Lipinski definition) is 3. The van der Waals surface area contributed by atoms with Crippen molar-refractivity contribution in [1.29, 1.82) is 0 Å². The smallest absolute Gasteiger partial charge is 0.116 e. The summed E-state index contributed by atoms with van der Waals surface area (Å²) in [5, 5.41) is 17.7. The number of benzene rings is 1. The number of phenols is 1. The Morgan fingerprint density at radius 3 is 2.77 bits per heavy atom. The van der Waals surface area contributed by atoms with Crippen LogP contribution in [0.2, 0.25) is 0 Å². The van der Waals surface area contributed by atoms with Gasteiger partial charge in [0.1, 0.15) is 5.75 Å². The van der Waals surface area contributed by atoms with E-state index in [0.29, 0.717) is 5.75 Å². The maximum Gasteiger partial charge on any atom is 0.116 e. The van der Waals surface area contributed by atoms with Gasteiger partial charge in [0, 0.05) is 11.5 Å². The van der Waals surface area contributed by atoms with E-state index in [9.17, 15) is 0 Å². The Balaban J connectivity index is 2.28. The van der Waals surface area contributed by atoms with E-state index in [4.69, 9.17) is 10.2 Å². The average Bonchev–Trinajstić information content (AvgIpc) is 2.13. The van der Waals surface area contributed by atoms with Crippen LogP contribution in [0.1, 0.15) is 12.8 Å². The minimum Gasteiger partial charge on any atom is -0.508 e. The number of unbranched alkanes of at least 4 members (excludes halogenated alkanes) is 1. The molecule has 13 heavy (non-hydrogen) atoms. The minimum atomic E-state index is 0.264. The van der Waals surface area contributed by atoms with Gasteiger partial charge in [-0.15, -0.1) is 11.8 Å². The van der Waals surface area contributed by atoms with Gasteiger partial charge in [-0.05, 0) is 36.8 Å². The highest BCUT2D eigenvalue weighted by Crippen LogP contribution is 2.22. The van der Waals surface area contributed by atoms with E-state index in [1.54, 1.807) is 23.9 Å². The van der Waals surface area contributed by atoms with Crippen LogP contribution in [0.25, 0.3) is 0 Å². The fourth-order valence-electron chi connectivity index (χ4n) is 0.977. The van der Waals surface area contributed by atoms with E-state index in [2.05, 4.69) is 0 Å². The summed E-state index contributed by atoms with van der Waals surface area (Å²) in [5.74, 6) is 1.30. The lowest BCUT2D eigenvalue weighted by atomic mass is 10.3. The van der Waals surface area contributed by atoms with E-state index in [1.165, 1.54) is 0 Å². The molecule has 3 heteroatoms. The van der Waals surface area contributed by atoms with E-state index < -0.39 is 0 Å². The molecule has 0 bridgehead atoms. The summed E-state index contributed by atoms with van der Waals surface area (Å²) >= 11 is 1.70. The maximum absolute atomic E-state index is 9.16. The predicted molar refractivity (Wildman–Crippen MR) is 55.2 cm³/mol. The van der Waals surface area contributed by atoms with E-state index in [1.807, 2.05) is 12.1 Å². The van der Waals surface area contributed by atoms with Crippen molar-refractivity contribution >= 4 is 11.8 Å². The fraction of sp³-hybridized carbons (Fsp3) is 0.400. The van der Waals surface area contributed by atoms with Gasteiger partial charge in [0.25, 0.3) is 0 Å². The lowest BCUT2D eigenvalue weighted by Gasteiger charge is -2.00. The molecule has 0 aliphatic carbocycles. The van der Waals surface area contributed by atoms with Crippen LogP contribution in [0.4, 0.5) is 0 Å². The van der Waals surface area contributed by atoms with Gasteiger partial charge in [0.15, 0.2) is 0 Å². The van der Waals surface area contributed by atoms with E-state index >= 15 is 0 Å². The van der Waals surface area contributed by atoms with Crippen molar-refractivity contribution < 1.29 is 10.2 Å². The number of rotatable bonds is 5. The molecule has 72 valence electrons. The Bertz CT molecular complexity index is 250. The van der Waals surface area contributed by atoms with Gasteiger partial charge in [-0.25, -0.2) is 0 Å². The van der Waals surface area contributed by atoms with Gasteiger partial charge in [-0.1, -0.05) is 6.07 Å². The zero-order valence-corrected chi connectivity index (χ0v) is 8.26. The average molecular weight is 198 g/mol. The second kappa shape index (κ2) is 5.89. The standard InChI is InChI=1S/C10H14O2S/c11-6-1-2-7-13-10-5-3-4-9(12)8-10/h3-5,8,11-12H,1-2,6-7H2. The van der Waals surface area contributed by atoms with Gasteiger partial charge in [-0.3, -0.25) is 0 Å². The molecule has 0 amide bonds. The molecule has 2 nitrogen and oxygen atoms in total. The first-order valence-electron chi connectivity index (χ1n) is 4.35. The van der Waals surface area contributed by atoms with E-state index in [-0.39, 0.29) is 6.61 Å². The number of aromatic hydroxyl groups is 1. The monoisotopic (exact) mass is 198 g/mol. The van der Waals surface area contributed by atoms with Crippen molar-refractivity contribution in [2.24, 2.45) is 0 Å². The van der Waals surface area contributed by atoms with Crippen molar-refractivity contribution in [1.82, 2.24) is 0 Å². The summed E-state index contributed by atoms with van der Waals surface area (Å²) in [7, 11) is 0. The van der Waals surface area contributed by atoms with Crippen molar-refractivity contribution in [2.75, 3.05) is 12.4 Å². The van der Waals surface area contributed by atoms with Crippen LogP contribution in [0.5, 0.6) is 5.75 Å². The molecule has 1 rings (SSSR count). The second-order valence-corrected chi connectivity index (χ2v) is 3.94. The Labute approximate surface area is 82.6 Å². The van der Waals surface area contributed by atoms with Crippen molar-refractivity contribution in [2.45, 2.75) is 17.7 Å². The third kappa shape index (κ3) is 4.20. The summed E-state index contributed by atoms with van der Waals surface area (Å²) in [6.07, 6.45) is 1.86. The van der Waals surface area contributed by atoms with Crippen LogP contribution in [0, 0.1) is 0 Å². The first-order chi connectivity index (χ1) is 6.33. The molecule has 2 N–H and O–H groups in total. The van der Waals surface area contributed by atoms with Crippen molar-refractivity contribution in [3.63, 3.8) is 0 Å². The number of aliphatic hydroxyl groups is 1. The quantitative estimate of drug-likeness (QED) is 0.563. The van der Waals surface area contributed by atoms with Gasteiger partial charge in [0.05, 0.1) is 0 Å². The van der Waals surface area contributed by atoms with Crippen molar-refractivity contribution in [3.8, 4) is 5.75 Å².